The Bertz CT molecular complexity index is 472. The highest BCUT2D eigenvalue weighted by Crippen LogP contribution is 2.30. The van der Waals surface area contributed by atoms with Crippen LogP contribution >= 0.6 is 0 Å². The minimum absolute atomic E-state index is 0.0256. The highest BCUT2D eigenvalue weighted by molar-refractivity contribution is 5.86. The van der Waals surface area contributed by atoms with Crippen LogP contribution in [0.15, 0.2) is 24.3 Å². The Balaban J connectivity index is 1.85. The molecule has 0 spiro atoms. The molecule has 110 valence electrons. The van der Waals surface area contributed by atoms with Crippen molar-refractivity contribution in [1.29, 1.82) is 0 Å². The summed E-state index contributed by atoms with van der Waals surface area (Å²) in [6.45, 7) is 4.95. The summed E-state index contributed by atoms with van der Waals surface area (Å²) in [5.74, 6) is 0.577. The van der Waals surface area contributed by atoms with Gasteiger partial charge in [0.1, 0.15) is 0 Å². The summed E-state index contributed by atoms with van der Waals surface area (Å²) in [5.41, 5.74) is 8.20. The number of amides is 1. The van der Waals surface area contributed by atoms with Gasteiger partial charge in [0, 0.05) is 6.54 Å². The average molecular weight is 274 g/mol. The van der Waals surface area contributed by atoms with E-state index in [0.29, 0.717) is 12.5 Å². The second-order valence-electron chi connectivity index (χ2n) is 6.29. The van der Waals surface area contributed by atoms with Crippen LogP contribution < -0.4 is 11.1 Å². The number of nitrogens with one attached hydrogen (secondary N) is 1. The Morgan fingerprint density at radius 2 is 2.20 bits per heavy atom. The molecule has 1 aliphatic carbocycles. The van der Waals surface area contributed by atoms with E-state index in [2.05, 4.69) is 31.3 Å². The van der Waals surface area contributed by atoms with Crippen LogP contribution in [0.25, 0.3) is 0 Å². The third-order valence-electron chi connectivity index (χ3n) is 4.43. The van der Waals surface area contributed by atoms with Gasteiger partial charge in [-0.1, -0.05) is 44.0 Å². The lowest BCUT2D eigenvalue weighted by Gasteiger charge is -2.35. The molecule has 1 saturated carbocycles. The molecule has 0 heterocycles. The molecule has 0 bridgehead atoms. The summed E-state index contributed by atoms with van der Waals surface area (Å²) in [6.07, 6.45) is 4.74. The minimum atomic E-state index is -0.649. The smallest absolute Gasteiger partial charge is 0.240 e. The number of hydrogen-bond acceptors (Lipinski definition) is 2. The Kier molecular flexibility index (Phi) is 4.81. The number of nitrogens with two attached hydrogens (primary N) is 1. The van der Waals surface area contributed by atoms with Crippen LogP contribution in [-0.4, -0.2) is 18.0 Å². The van der Waals surface area contributed by atoms with Gasteiger partial charge in [0.05, 0.1) is 5.54 Å². The van der Waals surface area contributed by atoms with Gasteiger partial charge in [-0.3, -0.25) is 4.79 Å². The van der Waals surface area contributed by atoms with E-state index in [-0.39, 0.29) is 5.91 Å². The first-order valence-electron chi connectivity index (χ1n) is 7.63. The van der Waals surface area contributed by atoms with Crippen LogP contribution in [0.2, 0.25) is 0 Å². The molecule has 0 saturated heterocycles. The predicted molar refractivity (Wildman–Crippen MR) is 82.4 cm³/mol. The molecule has 1 aromatic carbocycles. The first-order valence-corrected chi connectivity index (χ1v) is 7.63. The van der Waals surface area contributed by atoms with E-state index < -0.39 is 5.54 Å². The molecule has 1 aliphatic rings. The fraction of sp³-hybridized carbons (Fsp3) is 0.588. The van der Waals surface area contributed by atoms with Crippen molar-refractivity contribution in [2.75, 3.05) is 6.54 Å². The van der Waals surface area contributed by atoms with Gasteiger partial charge in [-0.15, -0.1) is 0 Å². The fourth-order valence-corrected chi connectivity index (χ4v) is 3.18. The monoisotopic (exact) mass is 274 g/mol. The molecule has 3 N–H and O–H groups in total. The Hall–Kier alpha value is -1.35. The molecular formula is C17H26N2O. The third-order valence-corrected chi connectivity index (χ3v) is 4.43. The SMILES string of the molecule is Cc1ccccc1CCNC(=O)C1(N)CCCC(C)C1. The lowest BCUT2D eigenvalue weighted by atomic mass is 9.76. The van der Waals surface area contributed by atoms with Crippen LogP contribution in [0.1, 0.15) is 43.7 Å². The van der Waals surface area contributed by atoms with Crippen LogP contribution in [0.4, 0.5) is 0 Å². The Labute approximate surface area is 121 Å². The number of carbonyl (C=O) groups excluding carboxylic acids is 1. The molecular weight excluding hydrogens is 248 g/mol. The maximum atomic E-state index is 12.3. The molecule has 3 nitrogen and oxygen atoms in total. The standard InChI is InChI=1S/C17H26N2O/c1-13-6-5-10-17(18,12-13)16(20)19-11-9-15-8-4-3-7-14(15)2/h3-4,7-8,13H,5-6,9-12,18H2,1-2H3,(H,19,20). The second kappa shape index (κ2) is 6.40. The van der Waals surface area contributed by atoms with Crippen molar-refractivity contribution in [2.24, 2.45) is 11.7 Å². The predicted octanol–water partition coefficient (Wildman–Crippen LogP) is 2.56. The largest absolute Gasteiger partial charge is 0.354 e. The molecule has 3 heteroatoms. The molecule has 2 unspecified atom stereocenters. The van der Waals surface area contributed by atoms with E-state index in [1.165, 1.54) is 17.5 Å². The lowest BCUT2D eigenvalue weighted by Crippen LogP contribution is -2.56. The van der Waals surface area contributed by atoms with Crippen molar-refractivity contribution in [2.45, 2.75) is 51.5 Å². The van der Waals surface area contributed by atoms with Gasteiger partial charge in [-0.05, 0) is 43.2 Å². The summed E-state index contributed by atoms with van der Waals surface area (Å²) in [6, 6.07) is 8.29. The van der Waals surface area contributed by atoms with Gasteiger partial charge in [0.25, 0.3) is 0 Å². The summed E-state index contributed by atoms with van der Waals surface area (Å²) >= 11 is 0. The molecule has 1 aromatic rings. The van der Waals surface area contributed by atoms with Gasteiger partial charge in [-0.2, -0.15) is 0 Å². The van der Waals surface area contributed by atoms with Crippen molar-refractivity contribution >= 4 is 5.91 Å². The quantitative estimate of drug-likeness (QED) is 0.886. The van der Waals surface area contributed by atoms with Gasteiger partial charge in [0.2, 0.25) is 5.91 Å². The van der Waals surface area contributed by atoms with E-state index in [1.807, 2.05) is 12.1 Å². The van der Waals surface area contributed by atoms with Crippen molar-refractivity contribution in [3.8, 4) is 0 Å². The van der Waals surface area contributed by atoms with Crippen molar-refractivity contribution in [1.82, 2.24) is 5.32 Å². The summed E-state index contributed by atoms with van der Waals surface area (Å²) in [7, 11) is 0. The maximum absolute atomic E-state index is 12.3. The third kappa shape index (κ3) is 3.60. The average Bonchev–Trinajstić information content (AvgIpc) is 2.40. The topological polar surface area (TPSA) is 55.1 Å². The molecule has 0 radical (unpaired) electrons. The summed E-state index contributed by atoms with van der Waals surface area (Å²) < 4.78 is 0. The molecule has 20 heavy (non-hydrogen) atoms. The van der Waals surface area contributed by atoms with E-state index in [4.69, 9.17) is 5.73 Å². The van der Waals surface area contributed by atoms with Gasteiger partial charge >= 0.3 is 0 Å². The molecule has 1 fully saturated rings. The molecule has 0 aromatic heterocycles. The van der Waals surface area contributed by atoms with Crippen LogP contribution in [-0.2, 0) is 11.2 Å². The number of benzene rings is 1. The number of carbonyl (C=O) groups is 1. The number of aryl methyl sites for hydroxylation is 1. The normalized spacial score (nSPS) is 26.2. The van der Waals surface area contributed by atoms with Crippen molar-refractivity contribution in [3.05, 3.63) is 35.4 Å². The van der Waals surface area contributed by atoms with Crippen LogP contribution in [0.3, 0.4) is 0 Å². The second-order valence-corrected chi connectivity index (χ2v) is 6.29. The molecule has 2 atom stereocenters. The maximum Gasteiger partial charge on any atom is 0.240 e. The van der Waals surface area contributed by atoms with Crippen molar-refractivity contribution in [3.63, 3.8) is 0 Å². The number of rotatable bonds is 4. The highest BCUT2D eigenvalue weighted by atomic mass is 16.2. The zero-order valence-electron chi connectivity index (χ0n) is 12.6. The fourth-order valence-electron chi connectivity index (χ4n) is 3.18. The summed E-state index contributed by atoms with van der Waals surface area (Å²) in [5, 5.41) is 3.03. The molecule has 1 amide bonds. The first kappa shape index (κ1) is 15.0. The van der Waals surface area contributed by atoms with E-state index >= 15 is 0 Å². The lowest BCUT2D eigenvalue weighted by molar-refractivity contribution is -0.128. The zero-order chi connectivity index (χ0) is 14.6. The summed E-state index contributed by atoms with van der Waals surface area (Å²) in [4.78, 5) is 12.3. The van der Waals surface area contributed by atoms with Crippen LogP contribution in [0.5, 0.6) is 0 Å². The van der Waals surface area contributed by atoms with Crippen LogP contribution in [0, 0.1) is 12.8 Å². The van der Waals surface area contributed by atoms with E-state index in [9.17, 15) is 4.79 Å². The minimum Gasteiger partial charge on any atom is -0.354 e. The van der Waals surface area contributed by atoms with Crippen molar-refractivity contribution < 1.29 is 4.79 Å². The van der Waals surface area contributed by atoms with Gasteiger partial charge < -0.3 is 11.1 Å². The van der Waals surface area contributed by atoms with E-state index in [0.717, 1.165) is 25.7 Å². The molecule has 0 aliphatic heterocycles. The van der Waals surface area contributed by atoms with Gasteiger partial charge in [-0.25, -0.2) is 0 Å². The Morgan fingerprint density at radius 3 is 2.90 bits per heavy atom. The Morgan fingerprint density at radius 1 is 1.45 bits per heavy atom. The first-order chi connectivity index (χ1) is 9.51. The number of hydrogen-bond donors (Lipinski definition) is 2. The highest BCUT2D eigenvalue weighted by Gasteiger charge is 2.37. The van der Waals surface area contributed by atoms with Gasteiger partial charge in [0.15, 0.2) is 0 Å². The molecule has 2 rings (SSSR count). The van der Waals surface area contributed by atoms with E-state index in [1.54, 1.807) is 0 Å². The zero-order valence-corrected chi connectivity index (χ0v) is 12.6.